The smallest absolute Gasteiger partial charge is 0.257 e. The van der Waals surface area contributed by atoms with E-state index in [2.05, 4.69) is 44.0 Å². The molecule has 0 saturated carbocycles. The largest absolute Gasteiger partial charge is 0.492 e. The second-order valence-electron chi connectivity index (χ2n) is 7.86. The highest BCUT2D eigenvalue weighted by atomic mass is 79.9. The zero-order valence-electron chi connectivity index (χ0n) is 18.9. The molecule has 0 atom stereocenters. The summed E-state index contributed by atoms with van der Waals surface area (Å²) in [6.07, 6.45) is 0.789. The summed E-state index contributed by atoms with van der Waals surface area (Å²) in [7, 11) is 0. The summed E-state index contributed by atoms with van der Waals surface area (Å²) in [4.78, 5) is 24.5. The predicted molar refractivity (Wildman–Crippen MR) is 143 cm³/mol. The highest BCUT2D eigenvalue weighted by Crippen LogP contribution is 2.26. The monoisotopic (exact) mass is 539 g/mol. The molecular formula is C26H26BrN3O3S. The highest BCUT2D eigenvalue weighted by molar-refractivity contribution is 9.10. The van der Waals surface area contributed by atoms with Crippen molar-refractivity contribution < 1.29 is 14.3 Å². The van der Waals surface area contributed by atoms with Crippen LogP contribution in [0.25, 0.3) is 0 Å². The number of hydrogen-bond acceptors (Lipinski definition) is 4. The molecule has 8 heteroatoms. The third-order valence-corrected chi connectivity index (χ3v) is 5.65. The molecule has 3 rings (SSSR count). The molecule has 6 nitrogen and oxygen atoms in total. The van der Waals surface area contributed by atoms with Crippen molar-refractivity contribution in [3.05, 3.63) is 88.4 Å². The van der Waals surface area contributed by atoms with Gasteiger partial charge in [-0.2, -0.15) is 0 Å². The maximum atomic E-state index is 12.6. The number of benzene rings is 3. The Kier molecular flexibility index (Phi) is 9.18. The molecule has 0 aliphatic heterocycles. The van der Waals surface area contributed by atoms with Crippen LogP contribution in [0.15, 0.2) is 77.3 Å². The molecular weight excluding hydrogens is 514 g/mol. The first-order valence-corrected chi connectivity index (χ1v) is 12.0. The van der Waals surface area contributed by atoms with Crippen molar-refractivity contribution in [3.63, 3.8) is 0 Å². The van der Waals surface area contributed by atoms with E-state index in [-0.39, 0.29) is 22.8 Å². The van der Waals surface area contributed by atoms with Crippen molar-refractivity contribution in [2.75, 3.05) is 17.2 Å². The molecule has 0 saturated heterocycles. The maximum absolute atomic E-state index is 12.6. The molecule has 0 unspecified atom stereocenters. The van der Waals surface area contributed by atoms with Crippen LogP contribution in [0.4, 0.5) is 11.4 Å². The Morgan fingerprint density at radius 2 is 1.65 bits per heavy atom. The molecule has 0 aliphatic carbocycles. The first-order valence-electron chi connectivity index (χ1n) is 10.8. The Morgan fingerprint density at radius 3 is 2.32 bits per heavy atom. The summed E-state index contributed by atoms with van der Waals surface area (Å²) in [5, 5.41) is 8.61. The third-order valence-electron chi connectivity index (χ3n) is 4.82. The first kappa shape index (κ1) is 25.4. The highest BCUT2D eigenvalue weighted by Gasteiger charge is 2.12. The van der Waals surface area contributed by atoms with Gasteiger partial charge in [0.25, 0.3) is 5.91 Å². The van der Waals surface area contributed by atoms with E-state index in [1.54, 1.807) is 42.5 Å². The van der Waals surface area contributed by atoms with Gasteiger partial charge in [0.2, 0.25) is 5.91 Å². The number of thiocarbonyl (C=S) groups is 1. The Morgan fingerprint density at radius 1 is 0.941 bits per heavy atom. The van der Waals surface area contributed by atoms with E-state index in [0.29, 0.717) is 33.8 Å². The number of amides is 2. The molecule has 0 heterocycles. The minimum Gasteiger partial charge on any atom is -0.492 e. The van der Waals surface area contributed by atoms with Crippen LogP contribution in [-0.2, 0) is 11.2 Å². The van der Waals surface area contributed by atoms with E-state index in [1.807, 2.05) is 32.0 Å². The molecule has 3 aromatic rings. The zero-order valence-corrected chi connectivity index (χ0v) is 21.3. The lowest BCUT2D eigenvalue weighted by atomic mass is 10.2. The van der Waals surface area contributed by atoms with E-state index >= 15 is 0 Å². The normalized spacial score (nSPS) is 10.5. The van der Waals surface area contributed by atoms with Crippen LogP contribution < -0.4 is 20.7 Å². The summed E-state index contributed by atoms with van der Waals surface area (Å²) in [5.74, 6) is 0.106. The molecule has 0 spiro atoms. The number of rotatable bonds is 8. The number of carbonyl (C=O) groups is 2. The van der Waals surface area contributed by atoms with E-state index in [9.17, 15) is 9.59 Å². The Balaban J connectivity index is 1.53. The summed E-state index contributed by atoms with van der Waals surface area (Å²) in [6, 6.07) is 22.3. The Hall–Kier alpha value is -3.23. The van der Waals surface area contributed by atoms with Crippen molar-refractivity contribution >= 4 is 56.4 Å². The number of anilines is 2. The van der Waals surface area contributed by atoms with Gasteiger partial charge in [0.15, 0.2) is 5.11 Å². The second kappa shape index (κ2) is 12.3. The molecule has 3 N–H and O–H groups in total. The lowest BCUT2D eigenvalue weighted by Crippen LogP contribution is -2.34. The lowest BCUT2D eigenvalue weighted by Gasteiger charge is -2.13. The van der Waals surface area contributed by atoms with Crippen LogP contribution in [0.1, 0.15) is 29.8 Å². The SMILES string of the molecule is CC(C)C(=O)Nc1cccc(NC(=S)NC(=O)c2ccc(OCCc3ccccc3)c(Br)c2)c1. The van der Waals surface area contributed by atoms with Gasteiger partial charge in [-0.3, -0.25) is 14.9 Å². The molecule has 0 fully saturated rings. The van der Waals surface area contributed by atoms with Crippen molar-refractivity contribution in [2.24, 2.45) is 5.92 Å². The summed E-state index contributed by atoms with van der Waals surface area (Å²) < 4.78 is 6.52. The van der Waals surface area contributed by atoms with Gasteiger partial charge in [-0.15, -0.1) is 0 Å². The maximum Gasteiger partial charge on any atom is 0.257 e. The number of hydrogen-bond donors (Lipinski definition) is 3. The van der Waals surface area contributed by atoms with Crippen LogP contribution in [0, 0.1) is 5.92 Å². The van der Waals surface area contributed by atoms with Gasteiger partial charge < -0.3 is 15.4 Å². The van der Waals surface area contributed by atoms with Gasteiger partial charge in [-0.05, 0) is 70.1 Å². The van der Waals surface area contributed by atoms with Gasteiger partial charge >= 0.3 is 0 Å². The van der Waals surface area contributed by atoms with Crippen LogP contribution in [0.5, 0.6) is 5.75 Å². The number of nitrogens with one attached hydrogen (secondary N) is 3. The second-order valence-corrected chi connectivity index (χ2v) is 9.12. The number of carbonyl (C=O) groups excluding carboxylic acids is 2. The Bertz CT molecular complexity index is 1170. The summed E-state index contributed by atoms with van der Waals surface area (Å²) >= 11 is 8.75. The van der Waals surface area contributed by atoms with Crippen molar-refractivity contribution in [2.45, 2.75) is 20.3 Å². The molecule has 0 radical (unpaired) electrons. The topological polar surface area (TPSA) is 79.5 Å². The van der Waals surface area contributed by atoms with Crippen LogP contribution in [0.3, 0.4) is 0 Å². The fourth-order valence-electron chi connectivity index (χ4n) is 2.98. The molecule has 3 aromatic carbocycles. The van der Waals surface area contributed by atoms with Gasteiger partial charge in [0.1, 0.15) is 5.75 Å². The van der Waals surface area contributed by atoms with Crippen molar-refractivity contribution in [1.29, 1.82) is 0 Å². The molecule has 34 heavy (non-hydrogen) atoms. The number of ether oxygens (including phenoxy) is 1. The number of halogens is 1. The average molecular weight is 540 g/mol. The van der Waals surface area contributed by atoms with Crippen LogP contribution in [0.2, 0.25) is 0 Å². The summed E-state index contributed by atoms with van der Waals surface area (Å²) in [6.45, 7) is 4.17. The van der Waals surface area contributed by atoms with Crippen molar-refractivity contribution in [3.8, 4) is 5.75 Å². The zero-order chi connectivity index (χ0) is 24.5. The first-order chi connectivity index (χ1) is 16.3. The fourth-order valence-corrected chi connectivity index (χ4v) is 3.69. The minimum absolute atomic E-state index is 0.0777. The Labute approximate surface area is 213 Å². The molecule has 0 aliphatic rings. The van der Waals surface area contributed by atoms with Gasteiger partial charge in [-0.25, -0.2) is 0 Å². The summed E-state index contributed by atoms with van der Waals surface area (Å²) in [5.41, 5.74) is 2.92. The molecule has 0 aromatic heterocycles. The lowest BCUT2D eigenvalue weighted by molar-refractivity contribution is -0.118. The van der Waals surface area contributed by atoms with E-state index in [4.69, 9.17) is 17.0 Å². The third kappa shape index (κ3) is 7.67. The average Bonchev–Trinajstić information content (AvgIpc) is 2.80. The minimum atomic E-state index is -0.349. The van der Waals surface area contributed by atoms with E-state index < -0.39 is 0 Å². The quantitative estimate of drug-likeness (QED) is 0.315. The van der Waals surface area contributed by atoms with Crippen LogP contribution >= 0.6 is 28.1 Å². The van der Waals surface area contributed by atoms with Gasteiger partial charge in [0, 0.05) is 29.3 Å². The van der Waals surface area contributed by atoms with Crippen LogP contribution in [-0.4, -0.2) is 23.5 Å². The predicted octanol–water partition coefficient (Wildman–Crippen LogP) is 5.79. The molecule has 2 amide bonds. The van der Waals surface area contributed by atoms with Gasteiger partial charge in [-0.1, -0.05) is 50.2 Å². The van der Waals surface area contributed by atoms with E-state index in [0.717, 1.165) is 6.42 Å². The van der Waals surface area contributed by atoms with Crippen molar-refractivity contribution in [1.82, 2.24) is 5.32 Å². The molecule has 0 bridgehead atoms. The van der Waals surface area contributed by atoms with Gasteiger partial charge in [0.05, 0.1) is 11.1 Å². The fraction of sp³-hybridized carbons (Fsp3) is 0.192. The standard InChI is InChI=1S/C26H26BrN3O3S/c1-17(2)24(31)28-20-9-6-10-21(16-20)29-26(34)30-25(32)19-11-12-23(22(27)15-19)33-14-13-18-7-4-3-5-8-18/h3-12,15-17H,13-14H2,1-2H3,(H,28,31)(H2,29,30,32,34). The molecule has 176 valence electrons. The van der Waals surface area contributed by atoms with E-state index in [1.165, 1.54) is 5.56 Å².